The molecule has 2 nitrogen and oxygen atoms in total. The topological polar surface area (TPSA) is 24.1 Å². The third-order valence-electron chi connectivity index (χ3n) is 3.52. The van der Waals surface area contributed by atoms with Gasteiger partial charge in [0.15, 0.2) is 0 Å². The van der Waals surface area contributed by atoms with Crippen LogP contribution in [-0.2, 0) is 0 Å². The summed E-state index contributed by atoms with van der Waals surface area (Å²) >= 11 is 0. The van der Waals surface area contributed by atoms with Crippen molar-refractivity contribution in [2.75, 3.05) is 26.2 Å². The molecule has 0 spiro atoms. The molecule has 0 bridgehead atoms. The highest BCUT2D eigenvalue weighted by molar-refractivity contribution is 4.76. The molecule has 1 saturated heterocycles. The molecule has 2 N–H and O–H groups in total. The molecule has 0 radical (unpaired) electrons. The molecule has 1 rings (SSSR count). The summed E-state index contributed by atoms with van der Waals surface area (Å²) in [6.07, 6.45) is 1.34. The van der Waals surface area contributed by atoms with Gasteiger partial charge in [0.25, 0.3) is 0 Å². The van der Waals surface area contributed by atoms with Crippen molar-refractivity contribution in [3.8, 4) is 0 Å². The lowest BCUT2D eigenvalue weighted by Crippen LogP contribution is -2.33. The van der Waals surface area contributed by atoms with Gasteiger partial charge in [0.1, 0.15) is 0 Å². The Kier molecular flexibility index (Phi) is 4.39. The Labute approximate surface area is 88.8 Å². The highest BCUT2D eigenvalue weighted by Gasteiger charge is 2.20. The van der Waals surface area contributed by atoms with E-state index in [9.17, 15) is 0 Å². The van der Waals surface area contributed by atoms with E-state index in [0.29, 0.717) is 5.41 Å². The Morgan fingerprint density at radius 2 is 2.14 bits per heavy atom. The summed E-state index contributed by atoms with van der Waals surface area (Å²) in [6.45, 7) is 14.0. The van der Waals surface area contributed by atoms with Crippen molar-refractivity contribution in [1.82, 2.24) is 10.6 Å². The van der Waals surface area contributed by atoms with E-state index >= 15 is 0 Å². The van der Waals surface area contributed by atoms with Crippen molar-refractivity contribution in [2.45, 2.75) is 34.1 Å². The summed E-state index contributed by atoms with van der Waals surface area (Å²) in [7, 11) is 0. The summed E-state index contributed by atoms with van der Waals surface area (Å²) < 4.78 is 0. The zero-order valence-corrected chi connectivity index (χ0v) is 10.2. The fourth-order valence-corrected chi connectivity index (χ4v) is 1.70. The standard InChI is InChI=1S/C12H26N2/c1-10(12(2,3)4)7-14-9-11-5-6-13-8-11/h10-11,13-14H,5-9H2,1-4H3. The van der Waals surface area contributed by atoms with Crippen LogP contribution in [0.2, 0.25) is 0 Å². The highest BCUT2D eigenvalue weighted by atomic mass is 14.9. The van der Waals surface area contributed by atoms with E-state index in [-0.39, 0.29) is 0 Å². The molecule has 0 aromatic heterocycles. The molecule has 1 aliphatic heterocycles. The van der Waals surface area contributed by atoms with Crippen molar-refractivity contribution in [1.29, 1.82) is 0 Å². The first-order valence-electron chi connectivity index (χ1n) is 5.91. The monoisotopic (exact) mass is 198 g/mol. The SMILES string of the molecule is CC(CNCC1CCNC1)C(C)(C)C. The largest absolute Gasteiger partial charge is 0.316 e. The molecule has 1 fully saturated rings. The molecule has 2 heteroatoms. The second-order valence-electron chi connectivity index (χ2n) is 5.78. The maximum Gasteiger partial charge on any atom is -0.000779 e. The molecule has 1 heterocycles. The first-order chi connectivity index (χ1) is 6.50. The highest BCUT2D eigenvalue weighted by Crippen LogP contribution is 2.24. The maximum atomic E-state index is 3.59. The summed E-state index contributed by atoms with van der Waals surface area (Å²) in [5, 5.41) is 6.99. The molecular formula is C12H26N2. The molecule has 0 saturated carbocycles. The van der Waals surface area contributed by atoms with Crippen molar-refractivity contribution in [2.24, 2.45) is 17.3 Å². The van der Waals surface area contributed by atoms with Crippen LogP contribution in [0.3, 0.4) is 0 Å². The van der Waals surface area contributed by atoms with Gasteiger partial charge in [0.05, 0.1) is 0 Å². The molecule has 0 aliphatic carbocycles. The Morgan fingerprint density at radius 1 is 1.43 bits per heavy atom. The van der Waals surface area contributed by atoms with Crippen LogP contribution < -0.4 is 10.6 Å². The third-order valence-corrected chi connectivity index (χ3v) is 3.52. The average molecular weight is 198 g/mol. The van der Waals surface area contributed by atoms with Gasteiger partial charge in [-0.2, -0.15) is 0 Å². The smallest absolute Gasteiger partial charge is 0.000779 e. The summed E-state index contributed by atoms with van der Waals surface area (Å²) in [5.74, 6) is 1.61. The van der Waals surface area contributed by atoms with E-state index in [1.807, 2.05) is 0 Å². The lowest BCUT2D eigenvalue weighted by molar-refractivity contribution is 0.250. The summed E-state index contributed by atoms with van der Waals surface area (Å²) in [5.41, 5.74) is 0.431. The van der Waals surface area contributed by atoms with Crippen LogP contribution in [0.15, 0.2) is 0 Å². The predicted octanol–water partition coefficient (Wildman–Crippen LogP) is 1.87. The van der Waals surface area contributed by atoms with Crippen LogP contribution >= 0.6 is 0 Å². The molecule has 14 heavy (non-hydrogen) atoms. The Balaban J connectivity index is 2.08. The average Bonchev–Trinajstić information content (AvgIpc) is 2.55. The van der Waals surface area contributed by atoms with Gasteiger partial charge in [-0.1, -0.05) is 27.7 Å². The first-order valence-corrected chi connectivity index (χ1v) is 5.91. The molecule has 0 aromatic carbocycles. The Bertz CT molecular complexity index is 154. The van der Waals surface area contributed by atoms with Crippen LogP contribution in [-0.4, -0.2) is 26.2 Å². The molecule has 84 valence electrons. The van der Waals surface area contributed by atoms with Gasteiger partial charge in [-0.15, -0.1) is 0 Å². The lowest BCUT2D eigenvalue weighted by Gasteiger charge is -2.27. The summed E-state index contributed by atoms with van der Waals surface area (Å²) in [4.78, 5) is 0. The van der Waals surface area contributed by atoms with Crippen LogP contribution in [0.4, 0.5) is 0 Å². The van der Waals surface area contributed by atoms with Gasteiger partial charge < -0.3 is 10.6 Å². The van der Waals surface area contributed by atoms with Gasteiger partial charge >= 0.3 is 0 Å². The molecule has 0 aromatic rings. The first kappa shape index (κ1) is 12.0. The Morgan fingerprint density at radius 3 is 2.64 bits per heavy atom. The van der Waals surface area contributed by atoms with E-state index in [1.165, 1.54) is 26.1 Å². The van der Waals surface area contributed by atoms with E-state index in [4.69, 9.17) is 0 Å². The zero-order chi connectivity index (χ0) is 10.6. The van der Waals surface area contributed by atoms with Crippen molar-refractivity contribution < 1.29 is 0 Å². The fraction of sp³-hybridized carbons (Fsp3) is 1.00. The fourth-order valence-electron chi connectivity index (χ4n) is 1.70. The van der Waals surface area contributed by atoms with Crippen LogP contribution in [0.25, 0.3) is 0 Å². The molecule has 0 amide bonds. The van der Waals surface area contributed by atoms with E-state index in [2.05, 4.69) is 38.3 Å². The molecule has 2 atom stereocenters. The Hall–Kier alpha value is -0.0800. The maximum absolute atomic E-state index is 3.59. The normalized spacial score (nSPS) is 25.3. The summed E-state index contributed by atoms with van der Waals surface area (Å²) in [6, 6.07) is 0. The minimum Gasteiger partial charge on any atom is -0.316 e. The third kappa shape index (κ3) is 3.97. The molecular weight excluding hydrogens is 172 g/mol. The van der Waals surface area contributed by atoms with Crippen LogP contribution in [0, 0.1) is 17.3 Å². The number of hydrogen-bond donors (Lipinski definition) is 2. The van der Waals surface area contributed by atoms with E-state index in [0.717, 1.165) is 18.4 Å². The zero-order valence-electron chi connectivity index (χ0n) is 10.2. The van der Waals surface area contributed by atoms with Crippen LogP contribution in [0.1, 0.15) is 34.1 Å². The van der Waals surface area contributed by atoms with E-state index in [1.54, 1.807) is 0 Å². The molecule has 1 aliphatic rings. The quantitative estimate of drug-likeness (QED) is 0.720. The van der Waals surface area contributed by atoms with Gasteiger partial charge in [-0.3, -0.25) is 0 Å². The number of nitrogens with one attached hydrogen (secondary N) is 2. The second kappa shape index (κ2) is 5.13. The van der Waals surface area contributed by atoms with E-state index < -0.39 is 0 Å². The van der Waals surface area contributed by atoms with Crippen molar-refractivity contribution >= 4 is 0 Å². The molecule has 2 unspecified atom stereocenters. The minimum atomic E-state index is 0.431. The van der Waals surface area contributed by atoms with Gasteiger partial charge in [-0.25, -0.2) is 0 Å². The van der Waals surface area contributed by atoms with Gasteiger partial charge in [-0.05, 0) is 49.9 Å². The van der Waals surface area contributed by atoms with Gasteiger partial charge in [0.2, 0.25) is 0 Å². The number of hydrogen-bond acceptors (Lipinski definition) is 2. The second-order valence-corrected chi connectivity index (χ2v) is 5.78. The van der Waals surface area contributed by atoms with Crippen molar-refractivity contribution in [3.63, 3.8) is 0 Å². The van der Waals surface area contributed by atoms with Gasteiger partial charge in [0, 0.05) is 0 Å². The van der Waals surface area contributed by atoms with Crippen LogP contribution in [0.5, 0.6) is 0 Å². The number of rotatable bonds is 4. The van der Waals surface area contributed by atoms with Crippen molar-refractivity contribution in [3.05, 3.63) is 0 Å². The lowest BCUT2D eigenvalue weighted by atomic mass is 9.82. The predicted molar refractivity (Wildman–Crippen MR) is 62.5 cm³/mol. The minimum absolute atomic E-state index is 0.431.